The first-order valence-corrected chi connectivity index (χ1v) is 5.51. The first-order valence-electron chi connectivity index (χ1n) is 5.51. The van der Waals surface area contributed by atoms with E-state index in [0.29, 0.717) is 0 Å². The molecule has 0 aromatic heterocycles. The average molecular weight is 223 g/mol. The van der Waals surface area contributed by atoms with Crippen LogP contribution in [0.15, 0.2) is 0 Å². The van der Waals surface area contributed by atoms with Crippen LogP contribution in [-0.4, -0.2) is 24.3 Å². The monoisotopic (exact) mass is 223 g/mol. The summed E-state index contributed by atoms with van der Waals surface area (Å²) in [5.74, 6) is 0.817. The summed E-state index contributed by atoms with van der Waals surface area (Å²) in [4.78, 5) is 0. The van der Waals surface area contributed by atoms with Crippen molar-refractivity contribution >= 4 is 0 Å². The van der Waals surface area contributed by atoms with Crippen molar-refractivity contribution in [3.63, 3.8) is 0 Å². The van der Waals surface area contributed by atoms with Crippen LogP contribution in [0.1, 0.15) is 45.4 Å². The third-order valence-corrected chi connectivity index (χ3v) is 3.19. The number of hydrogen-bond acceptors (Lipinski definition) is 1. The van der Waals surface area contributed by atoms with E-state index in [0.717, 1.165) is 12.3 Å². The van der Waals surface area contributed by atoms with Gasteiger partial charge in [0.1, 0.15) is 0 Å². The van der Waals surface area contributed by atoms with Crippen molar-refractivity contribution < 1.29 is 56.5 Å². The van der Waals surface area contributed by atoms with Crippen molar-refractivity contribution in [3.8, 4) is 0 Å². The maximum absolute atomic E-state index is 9.45. The zero-order valence-corrected chi connectivity index (χ0v) is 13.0. The summed E-state index contributed by atoms with van der Waals surface area (Å²) < 4.78 is 0. The average Bonchev–Trinajstić information content (AvgIpc) is 2.15. The van der Waals surface area contributed by atoms with Crippen LogP contribution in [0.4, 0.5) is 0 Å². The van der Waals surface area contributed by atoms with Gasteiger partial charge in [-0.25, -0.2) is 0 Å². The summed E-state index contributed by atoms with van der Waals surface area (Å²) in [5.41, 5.74) is 0. The number of nitrogens with zero attached hydrogens (tertiary/aromatic N) is 1. The molecule has 0 spiro atoms. The minimum absolute atomic E-state index is 0. The van der Waals surface area contributed by atoms with Crippen LogP contribution in [-0.2, 0) is 0 Å². The smallest absolute Gasteiger partial charge is 0.660 e. The van der Waals surface area contributed by atoms with E-state index in [1.165, 1.54) is 32.1 Å². The fourth-order valence-corrected chi connectivity index (χ4v) is 2.28. The molecule has 1 aliphatic rings. The molecule has 3 heteroatoms. The minimum Gasteiger partial charge on any atom is -0.660 e. The van der Waals surface area contributed by atoms with Gasteiger partial charge in [0, 0.05) is 6.10 Å². The van der Waals surface area contributed by atoms with Gasteiger partial charge in [0.15, 0.2) is 0 Å². The molecular formula is C11H22KNO. The summed E-state index contributed by atoms with van der Waals surface area (Å²) in [6.45, 7) is 1.85. The minimum atomic E-state index is -0.271. The summed E-state index contributed by atoms with van der Waals surface area (Å²) in [7, 11) is 1.82. The summed E-state index contributed by atoms with van der Waals surface area (Å²) in [6.07, 6.45) is 7.67. The Kier molecular flexibility index (Phi) is 9.64. The second kappa shape index (κ2) is 8.68. The number of likely N-dealkylation sites (N-methyl/N-ethyl adjacent to an activating group) is 1. The Balaban J connectivity index is 0.00000169. The van der Waals surface area contributed by atoms with Gasteiger partial charge in [-0.3, -0.25) is 0 Å². The Bertz CT molecular complexity index is 135. The fourth-order valence-electron chi connectivity index (χ4n) is 2.28. The molecule has 0 saturated heterocycles. The molecule has 1 N–H and O–H groups in total. The largest absolute Gasteiger partial charge is 1.00 e. The molecule has 1 aliphatic carbocycles. The van der Waals surface area contributed by atoms with Crippen molar-refractivity contribution in [1.29, 1.82) is 0 Å². The third-order valence-electron chi connectivity index (χ3n) is 3.19. The van der Waals surface area contributed by atoms with E-state index in [1.807, 2.05) is 14.0 Å². The van der Waals surface area contributed by atoms with Crippen molar-refractivity contribution in [2.45, 2.75) is 57.6 Å². The molecule has 0 aromatic rings. The van der Waals surface area contributed by atoms with E-state index >= 15 is 0 Å². The van der Waals surface area contributed by atoms with E-state index in [1.54, 1.807) is 0 Å². The Labute approximate surface area is 131 Å². The quantitative estimate of drug-likeness (QED) is 0.653. The van der Waals surface area contributed by atoms with Gasteiger partial charge in [-0.2, -0.15) is 7.05 Å². The van der Waals surface area contributed by atoms with Crippen LogP contribution in [0.2, 0.25) is 0 Å². The zero-order chi connectivity index (χ0) is 9.68. The molecule has 1 rings (SSSR count). The van der Waals surface area contributed by atoms with Crippen molar-refractivity contribution in [3.05, 3.63) is 5.32 Å². The normalized spacial score (nSPS) is 22.5. The van der Waals surface area contributed by atoms with Gasteiger partial charge in [-0.05, 0) is 12.8 Å². The molecule has 78 valence electrons. The van der Waals surface area contributed by atoms with Crippen LogP contribution in [0.25, 0.3) is 5.32 Å². The molecule has 0 aromatic carbocycles. The van der Waals surface area contributed by atoms with Crippen LogP contribution < -0.4 is 51.4 Å². The van der Waals surface area contributed by atoms with Crippen LogP contribution >= 0.6 is 0 Å². The molecule has 1 fully saturated rings. The van der Waals surface area contributed by atoms with Gasteiger partial charge in [-0.1, -0.05) is 38.5 Å². The molecule has 0 aliphatic heterocycles. The molecule has 2 nitrogen and oxygen atoms in total. The maximum Gasteiger partial charge on any atom is 1.00 e. The molecule has 2 unspecified atom stereocenters. The van der Waals surface area contributed by atoms with E-state index in [9.17, 15) is 5.11 Å². The van der Waals surface area contributed by atoms with Gasteiger partial charge < -0.3 is 10.4 Å². The first-order chi connectivity index (χ1) is 6.24. The van der Waals surface area contributed by atoms with Crippen LogP contribution in [0.5, 0.6) is 0 Å². The molecule has 0 radical (unpaired) electrons. The van der Waals surface area contributed by atoms with E-state index in [-0.39, 0.29) is 63.5 Å². The number of aliphatic hydroxyl groups excluding tert-OH is 1. The Morgan fingerprint density at radius 1 is 1.29 bits per heavy atom. The van der Waals surface area contributed by atoms with Gasteiger partial charge in [0.05, 0.1) is 0 Å². The van der Waals surface area contributed by atoms with Crippen LogP contribution in [0, 0.1) is 5.92 Å². The SMILES string of the molecule is C[N-]C(CC1CCCCC1)C(C)O.[K+]. The maximum atomic E-state index is 9.45. The molecule has 14 heavy (non-hydrogen) atoms. The molecular weight excluding hydrogens is 201 g/mol. The molecule has 0 bridgehead atoms. The number of hydrogen-bond donors (Lipinski definition) is 1. The summed E-state index contributed by atoms with van der Waals surface area (Å²) in [6, 6.07) is 0.170. The van der Waals surface area contributed by atoms with E-state index in [2.05, 4.69) is 5.32 Å². The van der Waals surface area contributed by atoms with Gasteiger partial charge in [-0.15, -0.1) is 6.04 Å². The standard InChI is InChI=1S/C11H22NO.K/c1-9(13)11(12-2)8-10-6-4-3-5-7-10;/h9-11,13H,3-8H2,1-2H3;/q-1;+1. The van der Waals surface area contributed by atoms with Crippen molar-refractivity contribution in [2.75, 3.05) is 7.05 Å². The Morgan fingerprint density at radius 2 is 1.86 bits per heavy atom. The predicted molar refractivity (Wildman–Crippen MR) is 55.9 cm³/mol. The fraction of sp³-hybridized carbons (Fsp3) is 1.00. The zero-order valence-electron chi connectivity index (χ0n) is 9.87. The Morgan fingerprint density at radius 3 is 2.29 bits per heavy atom. The number of rotatable bonds is 4. The van der Waals surface area contributed by atoms with E-state index < -0.39 is 0 Å². The summed E-state index contributed by atoms with van der Waals surface area (Å²) >= 11 is 0. The predicted octanol–water partition coefficient (Wildman–Crippen LogP) is -0.286. The first kappa shape index (κ1) is 15.6. The van der Waals surface area contributed by atoms with Crippen molar-refractivity contribution in [1.82, 2.24) is 0 Å². The second-order valence-corrected chi connectivity index (χ2v) is 4.31. The summed E-state index contributed by atoms with van der Waals surface area (Å²) in [5, 5.41) is 13.7. The number of aliphatic hydroxyl groups is 1. The molecule has 2 atom stereocenters. The topological polar surface area (TPSA) is 34.3 Å². The van der Waals surface area contributed by atoms with Gasteiger partial charge >= 0.3 is 51.4 Å². The molecule has 0 heterocycles. The van der Waals surface area contributed by atoms with Crippen molar-refractivity contribution in [2.24, 2.45) is 5.92 Å². The molecule has 0 amide bonds. The van der Waals surface area contributed by atoms with E-state index in [4.69, 9.17) is 0 Å². The van der Waals surface area contributed by atoms with Gasteiger partial charge in [0.25, 0.3) is 0 Å². The van der Waals surface area contributed by atoms with Gasteiger partial charge in [0.2, 0.25) is 0 Å². The molecule has 1 saturated carbocycles. The third kappa shape index (κ3) is 5.59. The second-order valence-electron chi connectivity index (χ2n) is 4.31. The Hall–Kier alpha value is 1.56. The van der Waals surface area contributed by atoms with Crippen LogP contribution in [0.3, 0.4) is 0 Å².